The summed E-state index contributed by atoms with van der Waals surface area (Å²) >= 11 is 0. The number of rotatable bonds is 10. The average molecular weight is 569 g/mol. The van der Waals surface area contributed by atoms with E-state index in [9.17, 15) is 38.9 Å². The fraction of sp³-hybridized carbons (Fsp3) is 0.280. The topological polar surface area (TPSA) is 163 Å². The fourth-order valence-corrected chi connectivity index (χ4v) is 5.78. The molecule has 0 aliphatic rings. The lowest BCUT2D eigenvalue weighted by atomic mass is 9.80. The Hall–Kier alpha value is -2.61. The van der Waals surface area contributed by atoms with Crippen LogP contribution in [0, 0.1) is 0 Å². The molecule has 0 saturated carbocycles. The average Bonchev–Trinajstić information content (AvgIpc) is 2.82. The van der Waals surface area contributed by atoms with Gasteiger partial charge in [0.25, 0.3) is 30.4 Å². The highest BCUT2D eigenvalue weighted by Gasteiger charge is 2.22. The molecule has 0 radical (unpaired) electrons. The number of benzene rings is 3. The molecule has 2 unspecified atom stereocenters. The Balaban J connectivity index is 1.89. The maximum atomic E-state index is 11.5. The Labute approximate surface area is 217 Å². The maximum Gasteiger partial charge on any atom is 0.294 e. The Bertz CT molecular complexity index is 1460. The van der Waals surface area contributed by atoms with E-state index in [1.807, 2.05) is 13.8 Å². The Morgan fingerprint density at radius 1 is 0.486 bits per heavy atom. The van der Waals surface area contributed by atoms with Gasteiger partial charge in [-0.15, -0.1) is 0 Å². The first kappa shape index (κ1) is 29.0. The van der Waals surface area contributed by atoms with Crippen molar-refractivity contribution in [3.8, 4) is 0 Å². The van der Waals surface area contributed by atoms with Crippen molar-refractivity contribution in [1.82, 2.24) is 0 Å². The van der Waals surface area contributed by atoms with E-state index >= 15 is 0 Å². The van der Waals surface area contributed by atoms with Crippen molar-refractivity contribution >= 4 is 30.4 Å². The Morgan fingerprint density at radius 2 is 0.730 bits per heavy atom. The van der Waals surface area contributed by atoms with Crippen LogP contribution < -0.4 is 0 Å². The molecule has 0 spiro atoms. The van der Waals surface area contributed by atoms with Gasteiger partial charge in [0, 0.05) is 0 Å². The molecule has 3 aromatic rings. The largest absolute Gasteiger partial charge is 0.294 e. The zero-order valence-electron chi connectivity index (χ0n) is 20.1. The predicted octanol–water partition coefficient (Wildman–Crippen LogP) is 4.90. The standard InChI is InChI=1S/C25H28O9S3/c1-17(19-3-9-23(10-4-19)35(26,27)28)15-22(21-7-13-25(14-8-21)37(32,33)34)16-18(2)20-5-11-24(12-6-20)36(29,30)31/h3-14,17-18,22H,15-16H2,1-2H3,(H,26,27,28)(H,29,30,31)(H,32,33,34). The summed E-state index contributed by atoms with van der Waals surface area (Å²) in [6.45, 7) is 3.93. The van der Waals surface area contributed by atoms with Crippen molar-refractivity contribution in [1.29, 1.82) is 0 Å². The van der Waals surface area contributed by atoms with Gasteiger partial charge in [-0.3, -0.25) is 13.7 Å². The summed E-state index contributed by atoms with van der Waals surface area (Å²) < 4.78 is 96.1. The summed E-state index contributed by atoms with van der Waals surface area (Å²) in [5.74, 6) is -0.186. The van der Waals surface area contributed by atoms with Gasteiger partial charge in [0.05, 0.1) is 14.7 Å². The van der Waals surface area contributed by atoms with E-state index in [1.165, 1.54) is 36.4 Å². The lowest BCUT2D eigenvalue weighted by Crippen LogP contribution is -2.09. The molecule has 0 fully saturated rings. The smallest absolute Gasteiger partial charge is 0.282 e. The minimum absolute atomic E-state index is 0.0456. The molecule has 0 aliphatic heterocycles. The van der Waals surface area contributed by atoms with Gasteiger partial charge in [-0.1, -0.05) is 50.2 Å². The van der Waals surface area contributed by atoms with Crippen molar-refractivity contribution in [2.24, 2.45) is 0 Å². The van der Waals surface area contributed by atoms with Crippen molar-refractivity contribution in [3.05, 3.63) is 89.5 Å². The molecule has 0 aromatic heterocycles. The highest BCUT2D eigenvalue weighted by molar-refractivity contribution is 7.86. The molecular formula is C25H28O9S3. The van der Waals surface area contributed by atoms with Crippen LogP contribution in [-0.2, 0) is 30.4 Å². The fourth-order valence-electron chi connectivity index (χ4n) is 4.34. The molecule has 0 bridgehead atoms. The molecule has 3 aromatic carbocycles. The Kier molecular flexibility index (Phi) is 8.62. The van der Waals surface area contributed by atoms with Gasteiger partial charge >= 0.3 is 0 Å². The molecule has 9 nitrogen and oxygen atoms in total. The van der Waals surface area contributed by atoms with Gasteiger partial charge in [-0.25, -0.2) is 0 Å². The van der Waals surface area contributed by atoms with E-state index in [0.717, 1.165) is 16.7 Å². The van der Waals surface area contributed by atoms with Crippen LogP contribution in [0.5, 0.6) is 0 Å². The normalized spacial score (nSPS) is 15.2. The quantitative estimate of drug-likeness (QED) is 0.289. The molecule has 37 heavy (non-hydrogen) atoms. The molecule has 2 atom stereocenters. The van der Waals surface area contributed by atoms with E-state index in [2.05, 4.69) is 0 Å². The third kappa shape index (κ3) is 7.69. The van der Waals surface area contributed by atoms with Crippen LogP contribution in [0.4, 0.5) is 0 Å². The second kappa shape index (κ2) is 11.0. The zero-order chi connectivity index (χ0) is 27.6. The Morgan fingerprint density at radius 3 is 0.973 bits per heavy atom. The second-order valence-electron chi connectivity index (χ2n) is 9.10. The highest BCUT2D eigenvalue weighted by atomic mass is 32.2. The minimum Gasteiger partial charge on any atom is -0.282 e. The first-order valence-corrected chi connectivity index (χ1v) is 15.6. The van der Waals surface area contributed by atoms with Crippen LogP contribution in [0.15, 0.2) is 87.5 Å². The van der Waals surface area contributed by atoms with Gasteiger partial charge < -0.3 is 0 Å². The van der Waals surface area contributed by atoms with E-state index in [0.29, 0.717) is 12.8 Å². The van der Waals surface area contributed by atoms with Gasteiger partial charge in [0.2, 0.25) is 0 Å². The van der Waals surface area contributed by atoms with Crippen molar-refractivity contribution in [2.75, 3.05) is 0 Å². The van der Waals surface area contributed by atoms with E-state index in [4.69, 9.17) is 0 Å². The SMILES string of the molecule is CC(CC(CC(C)c1ccc(S(=O)(=O)O)cc1)c1ccc(S(=O)(=O)O)cc1)c1ccc(S(=O)(=O)O)cc1. The van der Waals surface area contributed by atoms with Crippen LogP contribution in [0.1, 0.15) is 61.1 Å². The third-order valence-electron chi connectivity index (χ3n) is 6.42. The van der Waals surface area contributed by atoms with Crippen LogP contribution >= 0.6 is 0 Å². The molecular weight excluding hydrogens is 540 g/mol. The second-order valence-corrected chi connectivity index (χ2v) is 13.4. The van der Waals surface area contributed by atoms with Crippen molar-refractivity contribution < 1.29 is 38.9 Å². The lowest BCUT2D eigenvalue weighted by Gasteiger charge is -2.25. The predicted molar refractivity (Wildman–Crippen MR) is 138 cm³/mol. The molecule has 0 heterocycles. The third-order valence-corrected chi connectivity index (χ3v) is 9.02. The number of hydrogen-bond donors (Lipinski definition) is 3. The van der Waals surface area contributed by atoms with Gasteiger partial charge in [-0.05, 0) is 83.7 Å². The summed E-state index contributed by atoms with van der Waals surface area (Å²) in [4.78, 5) is -0.636. The monoisotopic (exact) mass is 568 g/mol. The van der Waals surface area contributed by atoms with Gasteiger partial charge in [0.1, 0.15) is 0 Å². The van der Waals surface area contributed by atoms with Crippen LogP contribution in [-0.4, -0.2) is 38.9 Å². The molecule has 0 amide bonds. The van der Waals surface area contributed by atoms with E-state index < -0.39 is 30.4 Å². The van der Waals surface area contributed by atoms with Crippen LogP contribution in [0.2, 0.25) is 0 Å². The molecule has 3 N–H and O–H groups in total. The first-order valence-electron chi connectivity index (χ1n) is 11.3. The van der Waals surface area contributed by atoms with E-state index in [-0.39, 0.29) is 32.4 Å². The van der Waals surface area contributed by atoms with Crippen LogP contribution in [0.25, 0.3) is 0 Å². The summed E-state index contributed by atoms with van der Waals surface area (Å²) in [5.41, 5.74) is 2.52. The van der Waals surface area contributed by atoms with Gasteiger partial charge in [0.15, 0.2) is 0 Å². The summed E-state index contributed by atoms with van der Waals surface area (Å²) in [6, 6.07) is 17.8. The number of hydrogen-bond acceptors (Lipinski definition) is 6. The van der Waals surface area contributed by atoms with E-state index in [1.54, 1.807) is 36.4 Å². The first-order chi connectivity index (χ1) is 17.1. The lowest BCUT2D eigenvalue weighted by molar-refractivity contribution is 0.480. The van der Waals surface area contributed by atoms with Crippen LogP contribution in [0.3, 0.4) is 0 Å². The molecule has 200 valence electrons. The summed E-state index contributed by atoms with van der Waals surface area (Å²) in [6.07, 6.45) is 1.20. The maximum absolute atomic E-state index is 11.5. The molecule has 0 aliphatic carbocycles. The summed E-state index contributed by atoms with van der Waals surface area (Å²) in [5, 5.41) is 0. The molecule has 12 heteroatoms. The zero-order valence-corrected chi connectivity index (χ0v) is 22.5. The summed E-state index contributed by atoms with van der Waals surface area (Å²) in [7, 11) is -13.0. The minimum atomic E-state index is -4.35. The van der Waals surface area contributed by atoms with Crippen molar-refractivity contribution in [3.63, 3.8) is 0 Å². The molecule has 0 saturated heterocycles. The van der Waals surface area contributed by atoms with Gasteiger partial charge in [-0.2, -0.15) is 25.3 Å². The van der Waals surface area contributed by atoms with Crippen molar-refractivity contribution in [2.45, 2.75) is 59.1 Å². The molecule has 3 rings (SSSR count). The highest BCUT2D eigenvalue weighted by Crippen LogP contribution is 2.37.